The van der Waals surface area contributed by atoms with Gasteiger partial charge in [-0.3, -0.25) is 4.79 Å². The standard InChI is InChI=1S/C14H19BrClN3O/c1-19(2)14(5-3-4-6-14)9-18-13(20)11-7-10(15)8-17-12(11)16/h7-8H,3-6,9H2,1-2H3,(H,18,20). The van der Waals surface area contributed by atoms with Crippen molar-refractivity contribution in [3.8, 4) is 0 Å². The summed E-state index contributed by atoms with van der Waals surface area (Å²) >= 11 is 9.29. The first-order valence-electron chi connectivity index (χ1n) is 6.71. The van der Waals surface area contributed by atoms with E-state index in [2.05, 4.69) is 45.2 Å². The fourth-order valence-corrected chi connectivity index (χ4v) is 3.26. The molecular formula is C14H19BrClN3O. The Morgan fingerprint density at radius 1 is 1.50 bits per heavy atom. The summed E-state index contributed by atoms with van der Waals surface area (Å²) in [5, 5.41) is 3.24. The third-order valence-electron chi connectivity index (χ3n) is 4.11. The van der Waals surface area contributed by atoms with Crippen molar-refractivity contribution in [3.63, 3.8) is 0 Å². The molecule has 4 nitrogen and oxygen atoms in total. The van der Waals surface area contributed by atoms with E-state index >= 15 is 0 Å². The molecule has 20 heavy (non-hydrogen) atoms. The van der Waals surface area contributed by atoms with E-state index < -0.39 is 0 Å². The summed E-state index contributed by atoms with van der Waals surface area (Å²) < 4.78 is 0.746. The number of carbonyl (C=O) groups is 1. The van der Waals surface area contributed by atoms with Crippen LogP contribution in [0.3, 0.4) is 0 Å². The summed E-state index contributed by atoms with van der Waals surface area (Å²) in [5.41, 5.74) is 0.481. The van der Waals surface area contributed by atoms with Crippen molar-refractivity contribution in [1.82, 2.24) is 15.2 Å². The second-order valence-corrected chi connectivity index (χ2v) is 6.77. The van der Waals surface area contributed by atoms with Crippen LogP contribution in [0.4, 0.5) is 0 Å². The molecule has 1 aliphatic rings. The number of nitrogens with one attached hydrogen (secondary N) is 1. The normalized spacial score (nSPS) is 17.4. The number of carbonyl (C=O) groups excluding carboxylic acids is 1. The van der Waals surface area contributed by atoms with E-state index in [1.807, 2.05) is 0 Å². The van der Waals surface area contributed by atoms with Crippen molar-refractivity contribution < 1.29 is 4.79 Å². The second-order valence-electron chi connectivity index (χ2n) is 5.50. The number of likely N-dealkylation sites (N-methyl/N-ethyl adjacent to an activating group) is 1. The van der Waals surface area contributed by atoms with Gasteiger partial charge in [-0.1, -0.05) is 24.4 Å². The van der Waals surface area contributed by atoms with Crippen molar-refractivity contribution in [1.29, 1.82) is 0 Å². The number of pyridine rings is 1. The van der Waals surface area contributed by atoms with E-state index in [0.717, 1.165) is 17.3 Å². The van der Waals surface area contributed by atoms with Crippen LogP contribution in [0.25, 0.3) is 0 Å². The minimum absolute atomic E-state index is 0.0710. The molecule has 0 saturated heterocycles. The van der Waals surface area contributed by atoms with Crippen molar-refractivity contribution in [3.05, 3.63) is 27.5 Å². The third-order valence-corrected chi connectivity index (χ3v) is 4.85. The number of rotatable bonds is 4. The first-order chi connectivity index (χ1) is 9.44. The van der Waals surface area contributed by atoms with Gasteiger partial charge in [-0.2, -0.15) is 0 Å². The minimum atomic E-state index is -0.170. The Balaban J connectivity index is 2.06. The lowest BCUT2D eigenvalue weighted by molar-refractivity contribution is 0.0899. The summed E-state index contributed by atoms with van der Waals surface area (Å²) in [6, 6.07) is 1.70. The van der Waals surface area contributed by atoms with Crippen LogP contribution in [-0.2, 0) is 0 Å². The lowest BCUT2D eigenvalue weighted by Crippen LogP contribution is -2.50. The SMILES string of the molecule is CN(C)C1(CNC(=O)c2cc(Br)cnc2Cl)CCCC1. The van der Waals surface area contributed by atoms with Crippen molar-refractivity contribution in [2.24, 2.45) is 0 Å². The predicted octanol–water partition coefficient (Wildman–Crippen LogP) is 3.10. The molecule has 6 heteroatoms. The van der Waals surface area contributed by atoms with E-state index in [-0.39, 0.29) is 16.6 Å². The van der Waals surface area contributed by atoms with Crippen LogP contribution in [0, 0.1) is 0 Å². The van der Waals surface area contributed by atoms with Gasteiger partial charge in [0.15, 0.2) is 0 Å². The van der Waals surface area contributed by atoms with Crippen molar-refractivity contribution in [2.45, 2.75) is 31.2 Å². The van der Waals surface area contributed by atoms with Gasteiger partial charge in [-0.25, -0.2) is 4.98 Å². The van der Waals surface area contributed by atoms with Gasteiger partial charge in [-0.15, -0.1) is 0 Å². The Kier molecular flexibility index (Phi) is 5.04. The fraction of sp³-hybridized carbons (Fsp3) is 0.571. The quantitative estimate of drug-likeness (QED) is 0.839. The van der Waals surface area contributed by atoms with Gasteiger partial charge >= 0.3 is 0 Å². The van der Waals surface area contributed by atoms with Gasteiger partial charge in [0, 0.05) is 22.8 Å². The van der Waals surface area contributed by atoms with Crippen LogP contribution < -0.4 is 5.32 Å². The highest BCUT2D eigenvalue weighted by Crippen LogP contribution is 2.33. The molecule has 0 bridgehead atoms. The highest BCUT2D eigenvalue weighted by Gasteiger charge is 2.36. The third kappa shape index (κ3) is 3.32. The van der Waals surface area contributed by atoms with Crippen LogP contribution in [0.15, 0.2) is 16.7 Å². The maximum atomic E-state index is 12.3. The maximum Gasteiger partial charge on any atom is 0.254 e. The Hall–Kier alpha value is -0.650. The molecule has 1 saturated carbocycles. The lowest BCUT2D eigenvalue weighted by Gasteiger charge is -2.36. The van der Waals surface area contributed by atoms with E-state index in [0.29, 0.717) is 12.1 Å². The summed E-state index contributed by atoms with van der Waals surface area (Å²) in [6.45, 7) is 0.641. The number of hydrogen-bond donors (Lipinski definition) is 1. The number of hydrogen-bond acceptors (Lipinski definition) is 3. The van der Waals surface area contributed by atoms with E-state index in [9.17, 15) is 4.79 Å². The van der Waals surface area contributed by atoms with E-state index in [4.69, 9.17) is 11.6 Å². The number of halogens is 2. The zero-order chi connectivity index (χ0) is 14.8. The Labute approximate surface area is 133 Å². The minimum Gasteiger partial charge on any atom is -0.350 e. The molecule has 0 atom stereocenters. The molecule has 0 unspecified atom stereocenters. The summed E-state index contributed by atoms with van der Waals surface area (Å²) in [4.78, 5) is 18.5. The number of nitrogens with zero attached hydrogens (tertiary/aromatic N) is 2. The lowest BCUT2D eigenvalue weighted by atomic mass is 9.96. The van der Waals surface area contributed by atoms with E-state index in [1.54, 1.807) is 12.3 Å². The highest BCUT2D eigenvalue weighted by molar-refractivity contribution is 9.10. The van der Waals surface area contributed by atoms with Crippen LogP contribution in [0.5, 0.6) is 0 Å². The molecule has 0 radical (unpaired) electrons. The van der Waals surface area contributed by atoms with Crippen molar-refractivity contribution >= 4 is 33.4 Å². The Morgan fingerprint density at radius 2 is 2.15 bits per heavy atom. The molecule has 0 aromatic carbocycles. The zero-order valence-electron chi connectivity index (χ0n) is 11.7. The van der Waals surface area contributed by atoms with E-state index in [1.165, 1.54) is 12.8 Å². The molecule has 1 fully saturated rings. The summed E-state index contributed by atoms with van der Waals surface area (Å²) in [7, 11) is 4.15. The van der Waals surface area contributed by atoms with Gasteiger partial charge in [0.1, 0.15) is 5.15 Å². The maximum absolute atomic E-state index is 12.3. The molecule has 1 amide bonds. The monoisotopic (exact) mass is 359 g/mol. The molecule has 1 N–H and O–H groups in total. The average Bonchev–Trinajstić information content (AvgIpc) is 2.89. The molecular weight excluding hydrogens is 342 g/mol. The molecule has 110 valence electrons. The van der Waals surface area contributed by atoms with Gasteiger partial charge in [0.25, 0.3) is 5.91 Å². The second kappa shape index (κ2) is 6.41. The predicted molar refractivity (Wildman–Crippen MR) is 84.2 cm³/mol. The van der Waals surface area contributed by atoms with Gasteiger partial charge < -0.3 is 10.2 Å². The topological polar surface area (TPSA) is 45.2 Å². The van der Waals surface area contributed by atoms with Crippen LogP contribution in [-0.4, -0.2) is 42.0 Å². The molecule has 0 spiro atoms. The van der Waals surface area contributed by atoms with Crippen LogP contribution in [0.2, 0.25) is 5.15 Å². The van der Waals surface area contributed by atoms with Gasteiger partial charge in [0.05, 0.1) is 5.56 Å². The summed E-state index contributed by atoms with van der Waals surface area (Å²) in [6.07, 6.45) is 6.24. The van der Waals surface area contributed by atoms with Crippen molar-refractivity contribution in [2.75, 3.05) is 20.6 Å². The first-order valence-corrected chi connectivity index (χ1v) is 7.88. The first kappa shape index (κ1) is 15.7. The molecule has 1 heterocycles. The summed E-state index contributed by atoms with van der Waals surface area (Å²) in [5.74, 6) is -0.170. The highest BCUT2D eigenvalue weighted by atomic mass is 79.9. The van der Waals surface area contributed by atoms with Gasteiger partial charge in [0.2, 0.25) is 0 Å². The Bertz CT molecular complexity index is 501. The molecule has 1 aliphatic carbocycles. The number of amides is 1. The zero-order valence-corrected chi connectivity index (χ0v) is 14.1. The fourth-order valence-electron chi connectivity index (χ4n) is 2.74. The molecule has 0 aliphatic heterocycles. The van der Waals surface area contributed by atoms with Crippen LogP contribution in [0.1, 0.15) is 36.0 Å². The Morgan fingerprint density at radius 3 is 2.75 bits per heavy atom. The smallest absolute Gasteiger partial charge is 0.254 e. The number of aromatic nitrogens is 1. The average molecular weight is 361 g/mol. The van der Waals surface area contributed by atoms with Gasteiger partial charge in [-0.05, 0) is 48.9 Å². The van der Waals surface area contributed by atoms with Crippen LogP contribution >= 0.6 is 27.5 Å². The largest absolute Gasteiger partial charge is 0.350 e. The molecule has 2 rings (SSSR count). The molecule has 1 aromatic rings. The molecule has 1 aromatic heterocycles.